The number of ketones is 1. The molecule has 2 aromatic carbocycles. The number of nitrogens with zero attached hydrogens (tertiary/aromatic N) is 1. The van der Waals surface area contributed by atoms with Gasteiger partial charge in [0.25, 0.3) is 5.91 Å². The molecule has 7 nitrogen and oxygen atoms in total. The number of nitrogens with two attached hydrogens (primary N) is 2. The van der Waals surface area contributed by atoms with Crippen LogP contribution in [0.2, 0.25) is 5.02 Å². The molecule has 0 bridgehead atoms. The maximum absolute atomic E-state index is 12.5. The molecule has 2 aromatic rings. The number of hydrogen-bond acceptors (Lipinski definition) is 5. The van der Waals surface area contributed by atoms with Crippen molar-refractivity contribution in [2.45, 2.75) is 19.0 Å². The first-order valence-electron chi connectivity index (χ1n) is 7.73. The van der Waals surface area contributed by atoms with Gasteiger partial charge in [-0.3, -0.25) is 14.6 Å². The minimum absolute atomic E-state index is 0.0322. The Balaban J connectivity index is 2.22. The summed E-state index contributed by atoms with van der Waals surface area (Å²) in [5.74, 6) is 3.10. The van der Waals surface area contributed by atoms with Crippen LogP contribution < -0.4 is 11.6 Å². The Morgan fingerprint density at radius 2 is 1.77 bits per heavy atom. The van der Waals surface area contributed by atoms with Gasteiger partial charge in [-0.05, 0) is 17.7 Å². The number of Topliss-reactive ketones (excluding diaryl/α,β-unsaturated/α-hetero) is 1. The van der Waals surface area contributed by atoms with Crippen LogP contribution in [0.4, 0.5) is 0 Å². The number of hydrogen-bond donors (Lipinski definition) is 3. The van der Waals surface area contributed by atoms with Crippen LogP contribution in [-0.4, -0.2) is 33.8 Å². The van der Waals surface area contributed by atoms with E-state index in [-0.39, 0.29) is 17.1 Å². The maximum Gasteiger partial charge on any atom is 0.328 e. The quantitative estimate of drug-likeness (QED) is 0.293. The molecule has 0 aliphatic rings. The molecule has 8 heteroatoms. The Morgan fingerprint density at radius 3 is 2.31 bits per heavy atom. The van der Waals surface area contributed by atoms with Crippen molar-refractivity contribution in [3.63, 3.8) is 0 Å². The highest BCUT2D eigenvalue weighted by Crippen LogP contribution is 2.20. The Labute approximate surface area is 155 Å². The van der Waals surface area contributed by atoms with Crippen molar-refractivity contribution >= 4 is 29.3 Å². The molecule has 0 saturated carbocycles. The van der Waals surface area contributed by atoms with Crippen molar-refractivity contribution in [3.8, 4) is 0 Å². The summed E-state index contributed by atoms with van der Waals surface area (Å²) in [5.41, 5.74) is 6.59. The Kier molecular flexibility index (Phi) is 6.46. The van der Waals surface area contributed by atoms with Crippen LogP contribution in [0, 0.1) is 0 Å². The fraction of sp³-hybridized carbons (Fsp3) is 0.167. The first-order valence-corrected chi connectivity index (χ1v) is 8.10. The number of aliphatic carboxylic acids is 1. The third-order valence-electron chi connectivity index (χ3n) is 3.83. The van der Waals surface area contributed by atoms with Crippen molar-refractivity contribution in [3.05, 3.63) is 70.2 Å². The zero-order chi connectivity index (χ0) is 19.3. The molecule has 0 aromatic heterocycles. The minimum Gasteiger partial charge on any atom is -0.480 e. The maximum atomic E-state index is 12.5. The lowest BCUT2D eigenvalue weighted by Gasteiger charge is -2.24. The van der Waals surface area contributed by atoms with E-state index >= 15 is 0 Å². The zero-order valence-corrected chi connectivity index (χ0v) is 14.5. The number of carbonyl (C=O) groups excluding carboxylic acids is 2. The lowest BCUT2D eigenvalue weighted by molar-refractivity contribution is -0.142. The van der Waals surface area contributed by atoms with E-state index in [1.54, 1.807) is 36.4 Å². The number of carbonyl (C=O) groups is 3. The van der Waals surface area contributed by atoms with Gasteiger partial charge >= 0.3 is 5.97 Å². The van der Waals surface area contributed by atoms with Crippen LogP contribution in [0.1, 0.15) is 32.7 Å². The Hall–Kier alpha value is -2.74. The van der Waals surface area contributed by atoms with E-state index in [1.807, 2.05) is 0 Å². The summed E-state index contributed by atoms with van der Waals surface area (Å²) < 4.78 is 0. The number of hydrazine groups is 1. The molecule has 2 rings (SSSR count). The lowest BCUT2D eigenvalue weighted by atomic mass is 10.0. The lowest BCUT2D eigenvalue weighted by Crippen LogP contribution is -2.50. The molecule has 1 amide bonds. The summed E-state index contributed by atoms with van der Waals surface area (Å²) in [5, 5.41) is 10.0. The highest BCUT2D eigenvalue weighted by Gasteiger charge is 2.31. The van der Waals surface area contributed by atoms with Gasteiger partial charge in [0.15, 0.2) is 11.8 Å². The van der Waals surface area contributed by atoms with E-state index in [4.69, 9.17) is 23.2 Å². The molecule has 0 saturated heterocycles. The molecule has 0 aliphatic heterocycles. The number of halogens is 1. The molecule has 1 atom stereocenters. The van der Waals surface area contributed by atoms with Crippen molar-refractivity contribution in [1.29, 1.82) is 0 Å². The summed E-state index contributed by atoms with van der Waals surface area (Å²) in [4.78, 5) is 36.4. The fourth-order valence-corrected chi connectivity index (χ4v) is 2.65. The highest BCUT2D eigenvalue weighted by molar-refractivity contribution is 6.34. The number of amides is 1. The number of benzene rings is 2. The average molecular weight is 376 g/mol. The second-order valence-electron chi connectivity index (χ2n) is 5.58. The van der Waals surface area contributed by atoms with Crippen molar-refractivity contribution in [2.75, 3.05) is 0 Å². The van der Waals surface area contributed by atoms with Gasteiger partial charge in [0.1, 0.15) is 0 Å². The summed E-state index contributed by atoms with van der Waals surface area (Å²) in [7, 11) is 0. The third kappa shape index (κ3) is 4.45. The first kappa shape index (κ1) is 19.6. The van der Waals surface area contributed by atoms with Gasteiger partial charge < -0.3 is 10.8 Å². The molecule has 0 fully saturated rings. The smallest absolute Gasteiger partial charge is 0.328 e. The number of carboxylic acid groups (broad SMARTS) is 1. The topological polar surface area (TPSA) is 127 Å². The van der Waals surface area contributed by atoms with Gasteiger partial charge in [-0.1, -0.05) is 48.0 Å². The largest absolute Gasteiger partial charge is 0.480 e. The van der Waals surface area contributed by atoms with Gasteiger partial charge in [-0.2, -0.15) is 0 Å². The van der Waals surface area contributed by atoms with E-state index in [9.17, 15) is 19.5 Å². The Morgan fingerprint density at radius 1 is 1.12 bits per heavy atom. The van der Waals surface area contributed by atoms with E-state index < -0.39 is 30.1 Å². The van der Waals surface area contributed by atoms with Crippen molar-refractivity contribution in [1.82, 2.24) is 5.01 Å². The second kappa shape index (κ2) is 8.57. The van der Waals surface area contributed by atoms with Gasteiger partial charge in [-0.15, -0.1) is 0 Å². The normalized spacial score (nSPS) is 11.7. The van der Waals surface area contributed by atoms with Crippen LogP contribution in [0.25, 0.3) is 0 Å². The standard InChI is InChI=1S/C18H18ClN3O4/c19-14-8-11(10-20)6-7-13(14)17(24)22(21)15(18(25)26)9-16(23)12-4-2-1-3-5-12/h1-8,15H,9-10,20-21H2,(H,25,26)/t15-/m0/s1. The molecule has 5 N–H and O–H groups in total. The van der Waals surface area contributed by atoms with Gasteiger partial charge in [0.05, 0.1) is 10.6 Å². The molecule has 0 spiro atoms. The van der Waals surface area contributed by atoms with Crippen molar-refractivity contribution < 1.29 is 19.5 Å². The van der Waals surface area contributed by atoms with Crippen LogP contribution in [-0.2, 0) is 11.3 Å². The highest BCUT2D eigenvalue weighted by atomic mass is 35.5. The minimum atomic E-state index is -1.53. The van der Waals surface area contributed by atoms with E-state index in [1.165, 1.54) is 12.1 Å². The van der Waals surface area contributed by atoms with Crippen LogP contribution >= 0.6 is 11.6 Å². The molecule has 0 unspecified atom stereocenters. The van der Waals surface area contributed by atoms with Crippen LogP contribution in [0.15, 0.2) is 48.5 Å². The summed E-state index contributed by atoms with van der Waals surface area (Å²) in [6.07, 6.45) is -0.458. The first-order chi connectivity index (χ1) is 12.3. The van der Waals surface area contributed by atoms with E-state index in [0.717, 1.165) is 0 Å². The zero-order valence-electron chi connectivity index (χ0n) is 13.8. The molecule has 0 radical (unpaired) electrons. The third-order valence-corrected chi connectivity index (χ3v) is 4.14. The summed E-state index contributed by atoms with van der Waals surface area (Å²) in [6.45, 7) is 0.240. The number of carboxylic acids is 1. The van der Waals surface area contributed by atoms with Gasteiger partial charge in [-0.25, -0.2) is 10.6 Å². The summed E-state index contributed by atoms with van der Waals surface area (Å²) >= 11 is 6.06. The average Bonchev–Trinajstić information content (AvgIpc) is 2.65. The molecular formula is C18H18ClN3O4. The monoisotopic (exact) mass is 375 g/mol. The van der Waals surface area contributed by atoms with Crippen LogP contribution in [0.3, 0.4) is 0 Å². The molecular weight excluding hydrogens is 358 g/mol. The SMILES string of the molecule is NCc1ccc(C(=O)N(N)[C@@H](CC(=O)c2ccccc2)C(=O)O)c(Cl)c1. The fourth-order valence-electron chi connectivity index (χ4n) is 2.36. The predicted molar refractivity (Wildman–Crippen MR) is 96.5 cm³/mol. The van der Waals surface area contributed by atoms with E-state index in [0.29, 0.717) is 16.1 Å². The molecule has 0 aliphatic carbocycles. The predicted octanol–water partition coefficient (Wildman–Crippen LogP) is 1.84. The molecule has 0 heterocycles. The van der Waals surface area contributed by atoms with Gasteiger partial charge in [0, 0.05) is 18.5 Å². The van der Waals surface area contributed by atoms with Crippen molar-refractivity contribution in [2.24, 2.45) is 11.6 Å². The summed E-state index contributed by atoms with van der Waals surface area (Å²) in [6, 6.07) is 11.2. The number of rotatable bonds is 7. The van der Waals surface area contributed by atoms with Crippen LogP contribution in [0.5, 0.6) is 0 Å². The second-order valence-corrected chi connectivity index (χ2v) is 5.99. The molecule has 26 heavy (non-hydrogen) atoms. The van der Waals surface area contributed by atoms with E-state index in [2.05, 4.69) is 0 Å². The molecule has 136 valence electrons. The Bertz CT molecular complexity index is 826. The van der Waals surface area contributed by atoms with Gasteiger partial charge in [0.2, 0.25) is 0 Å².